The minimum Gasteiger partial charge on any atom is -0.281 e. The van der Waals surface area contributed by atoms with Crippen LogP contribution in [0.3, 0.4) is 0 Å². The van der Waals surface area contributed by atoms with Gasteiger partial charge in [-0.25, -0.2) is 4.89 Å². The monoisotopic (exact) mass is 172 g/mol. The van der Waals surface area contributed by atoms with E-state index in [4.69, 9.17) is 9.46 Å². The number of hydrogen-bond acceptors (Lipinski definition) is 2. The normalized spacial score (nSPS) is 11.4. The third-order valence-corrected chi connectivity index (χ3v) is 1.56. The molecule has 0 saturated heterocycles. The van der Waals surface area contributed by atoms with E-state index in [0.717, 1.165) is 0 Å². The van der Waals surface area contributed by atoms with Gasteiger partial charge in [-0.1, -0.05) is 11.3 Å². The summed E-state index contributed by atoms with van der Waals surface area (Å²) in [5, 5.41) is 0. The molecule has 0 aromatic heterocycles. The number of allylic oxidation sites excluding steroid dienone is 1. The van der Waals surface area contributed by atoms with Crippen molar-refractivity contribution in [3.8, 4) is 0 Å². The Labute approximate surface area is 71.5 Å². The standard InChI is InChI=1S/C8H16O2Si/c1-7(2)6-11-10-9-8(3,4)5/h6H,1-5H3. The molecule has 0 aliphatic carbocycles. The number of rotatable bonds is 3. The van der Waals surface area contributed by atoms with E-state index in [1.807, 2.05) is 40.3 Å². The second-order valence-corrected chi connectivity index (χ2v) is 4.31. The maximum absolute atomic E-state index is 5.05. The lowest BCUT2D eigenvalue weighted by Crippen LogP contribution is -2.20. The molecule has 0 fully saturated rings. The first-order chi connectivity index (χ1) is 4.92. The molecule has 0 aromatic carbocycles. The molecule has 0 amide bonds. The summed E-state index contributed by atoms with van der Waals surface area (Å²) in [4.78, 5) is 5.05. The molecule has 0 heterocycles. The van der Waals surface area contributed by atoms with Gasteiger partial charge in [0, 0.05) is 0 Å². The molecule has 0 aliphatic heterocycles. The van der Waals surface area contributed by atoms with Crippen molar-refractivity contribution in [2.75, 3.05) is 0 Å². The van der Waals surface area contributed by atoms with Crippen molar-refractivity contribution in [2.45, 2.75) is 40.2 Å². The highest BCUT2D eigenvalue weighted by Crippen LogP contribution is 2.06. The van der Waals surface area contributed by atoms with Crippen molar-refractivity contribution in [1.29, 1.82) is 0 Å². The van der Waals surface area contributed by atoms with Gasteiger partial charge in [-0.05, 0) is 34.6 Å². The Morgan fingerprint density at radius 2 is 1.82 bits per heavy atom. The lowest BCUT2D eigenvalue weighted by atomic mass is 10.2. The van der Waals surface area contributed by atoms with Crippen LogP contribution in [0.15, 0.2) is 11.3 Å². The van der Waals surface area contributed by atoms with E-state index >= 15 is 0 Å². The summed E-state index contributed by atoms with van der Waals surface area (Å²) in [5.74, 6) is 0. The summed E-state index contributed by atoms with van der Waals surface area (Å²) in [5.41, 5.74) is 3.05. The molecule has 2 radical (unpaired) electrons. The van der Waals surface area contributed by atoms with Gasteiger partial charge in [0.15, 0.2) is 0 Å². The molecule has 0 atom stereocenters. The molecule has 0 N–H and O–H groups in total. The Kier molecular flexibility index (Phi) is 4.64. The lowest BCUT2D eigenvalue weighted by Gasteiger charge is -2.16. The van der Waals surface area contributed by atoms with Crippen LogP contribution in [0, 0.1) is 0 Å². The molecule has 11 heavy (non-hydrogen) atoms. The van der Waals surface area contributed by atoms with Gasteiger partial charge in [-0.2, -0.15) is 0 Å². The maximum Gasteiger partial charge on any atom is 0.313 e. The second kappa shape index (κ2) is 4.69. The molecule has 3 heteroatoms. The first kappa shape index (κ1) is 10.9. The molecule has 0 bridgehead atoms. The molecule has 0 saturated carbocycles. The van der Waals surface area contributed by atoms with Gasteiger partial charge in [-0.3, -0.25) is 4.58 Å². The number of hydrogen-bond donors (Lipinski definition) is 0. The van der Waals surface area contributed by atoms with Crippen LogP contribution in [0.4, 0.5) is 0 Å². The second-order valence-electron chi connectivity index (χ2n) is 3.62. The van der Waals surface area contributed by atoms with Crippen LogP contribution in [0.2, 0.25) is 0 Å². The van der Waals surface area contributed by atoms with Crippen molar-refractivity contribution in [3.63, 3.8) is 0 Å². The summed E-state index contributed by atoms with van der Waals surface area (Å²) in [6, 6.07) is 0. The van der Waals surface area contributed by atoms with Crippen molar-refractivity contribution < 1.29 is 9.46 Å². The van der Waals surface area contributed by atoms with E-state index in [2.05, 4.69) is 0 Å². The van der Waals surface area contributed by atoms with Crippen LogP contribution in [0.5, 0.6) is 0 Å². The first-order valence-corrected chi connectivity index (χ1v) is 4.64. The van der Waals surface area contributed by atoms with Crippen LogP contribution < -0.4 is 0 Å². The highest BCUT2D eigenvalue weighted by molar-refractivity contribution is 6.34. The molecule has 0 rings (SSSR count). The first-order valence-electron chi connectivity index (χ1n) is 3.65. The summed E-state index contributed by atoms with van der Waals surface area (Å²) in [7, 11) is 0.302. The minimum atomic E-state index is -0.206. The molecule has 0 aliphatic rings. The average molecular weight is 172 g/mol. The fraction of sp³-hybridized carbons (Fsp3) is 0.750. The smallest absolute Gasteiger partial charge is 0.281 e. The highest BCUT2D eigenvalue weighted by atomic mass is 28.2. The Morgan fingerprint density at radius 3 is 2.18 bits per heavy atom. The molecule has 2 nitrogen and oxygen atoms in total. The molecule has 0 spiro atoms. The summed E-state index contributed by atoms with van der Waals surface area (Å²) in [6.45, 7) is 9.95. The van der Waals surface area contributed by atoms with Crippen molar-refractivity contribution in [3.05, 3.63) is 11.3 Å². The fourth-order valence-electron chi connectivity index (χ4n) is 0.291. The average Bonchev–Trinajstić information content (AvgIpc) is 1.78. The van der Waals surface area contributed by atoms with E-state index in [-0.39, 0.29) is 5.60 Å². The Morgan fingerprint density at radius 1 is 1.27 bits per heavy atom. The van der Waals surface area contributed by atoms with Gasteiger partial charge in [0.1, 0.15) is 0 Å². The SMILES string of the molecule is CC(C)=C[Si]OOC(C)(C)C. The Hall–Kier alpha value is -0.123. The van der Waals surface area contributed by atoms with E-state index < -0.39 is 0 Å². The van der Waals surface area contributed by atoms with E-state index in [1.165, 1.54) is 5.57 Å². The zero-order valence-electron chi connectivity index (χ0n) is 7.89. The van der Waals surface area contributed by atoms with Gasteiger partial charge in [0.05, 0.1) is 5.60 Å². The zero-order valence-corrected chi connectivity index (χ0v) is 8.89. The van der Waals surface area contributed by atoms with Gasteiger partial charge in [0.2, 0.25) is 0 Å². The topological polar surface area (TPSA) is 18.5 Å². The van der Waals surface area contributed by atoms with E-state index in [0.29, 0.717) is 9.76 Å². The fourth-order valence-corrected chi connectivity index (χ4v) is 0.873. The van der Waals surface area contributed by atoms with E-state index in [9.17, 15) is 0 Å². The zero-order chi connectivity index (χ0) is 8.91. The van der Waals surface area contributed by atoms with Crippen molar-refractivity contribution >= 4 is 9.76 Å². The molecule has 0 aromatic rings. The maximum atomic E-state index is 5.05. The van der Waals surface area contributed by atoms with Crippen LogP contribution in [-0.2, 0) is 9.46 Å². The van der Waals surface area contributed by atoms with E-state index in [1.54, 1.807) is 0 Å². The summed E-state index contributed by atoms with van der Waals surface area (Å²) in [6.07, 6.45) is 0. The van der Waals surface area contributed by atoms with Crippen molar-refractivity contribution in [1.82, 2.24) is 0 Å². The van der Waals surface area contributed by atoms with Gasteiger partial charge in [0.25, 0.3) is 0 Å². The quantitative estimate of drug-likeness (QED) is 0.281. The van der Waals surface area contributed by atoms with Crippen LogP contribution in [0.25, 0.3) is 0 Å². The third-order valence-electron chi connectivity index (χ3n) is 0.687. The van der Waals surface area contributed by atoms with Crippen LogP contribution in [-0.4, -0.2) is 15.4 Å². The Balaban J connectivity index is 3.36. The molecule has 64 valence electrons. The summed E-state index contributed by atoms with van der Waals surface area (Å²) >= 11 is 0. The lowest BCUT2D eigenvalue weighted by molar-refractivity contribution is -0.275. The molecule has 0 unspecified atom stereocenters. The molecular weight excluding hydrogens is 156 g/mol. The van der Waals surface area contributed by atoms with Crippen LogP contribution in [0.1, 0.15) is 34.6 Å². The Bertz CT molecular complexity index is 132. The third kappa shape index (κ3) is 9.88. The van der Waals surface area contributed by atoms with Gasteiger partial charge < -0.3 is 0 Å². The summed E-state index contributed by atoms with van der Waals surface area (Å²) < 4.78 is 4.96. The van der Waals surface area contributed by atoms with Gasteiger partial charge >= 0.3 is 9.76 Å². The highest BCUT2D eigenvalue weighted by Gasteiger charge is 2.10. The predicted molar refractivity (Wildman–Crippen MR) is 47.1 cm³/mol. The van der Waals surface area contributed by atoms with Gasteiger partial charge in [-0.15, -0.1) is 0 Å². The van der Waals surface area contributed by atoms with Crippen molar-refractivity contribution in [2.24, 2.45) is 0 Å². The van der Waals surface area contributed by atoms with Crippen LogP contribution >= 0.6 is 0 Å². The predicted octanol–water partition coefficient (Wildman–Crippen LogP) is 2.28. The largest absolute Gasteiger partial charge is 0.313 e. The minimum absolute atomic E-state index is 0.206. The molecular formula is C8H16O2Si.